The Bertz CT molecular complexity index is 3600. The fourth-order valence-electron chi connectivity index (χ4n) is 12.8. The number of phenolic OH excluding ortho intramolecular Hbond substituents is 1. The van der Waals surface area contributed by atoms with Crippen LogP contribution >= 0.6 is 11.6 Å². The number of nitrogens with zero attached hydrogens (tertiary/aromatic N) is 11. The van der Waals surface area contributed by atoms with Crippen LogP contribution in [0.1, 0.15) is 76.0 Å². The van der Waals surface area contributed by atoms with Crippen LogP contribution in [0.2, 0.25) is 5.02 Å². The summed E-state index contributed by atoms with van der Waals surface area (Å²) in [6.07, 6.45) is 4.53. The Labute approximate surface area is 480 Å². The normalized spacial score (nSPS) is 19.9. The first-order valence-electron chi connectivity index (χ1n) is 28.1. The van der Waals surface area contributed by atoms with E-state index in [0.717, 1.165) is 55.8 Å². The van der Waals surface area contributed by atoms with Crippen LogP contribution in [0.4, 0.5) is 16.0 Å². The number of aryl methyl sites for hydroxylation is 1. The Kier molecular flexibility index (Phi) is 15.8. The molecule has 82 heavy (non-hydrogen) atoms. The summed E-state index contributed by atoms with van der Waals surface area (Å²) < 4.78 is 31.4. The van der Waals surface area contributed by atoms with Crippen molar-refractivity contribution in [3.8, 4) is 40.2 Å². The molecule has 7 heterocycles. The number of hydrogen-bond acceptors (Lipinski definition) is 15. The van der Waals surface area contributed by atoms with Crippen LogP contribution in [0, 0.1) is 28.5 Å². The third-order valence-electron chi connectivity index (χ3n) is 17.2. The first kappa shape index (κ1) is 56.0. The summed E-state index contributed by atoms with van der Waals surface area (Å²) in [5, 5.41) is 41.9. The molecular formula is C62H67ClFN11O7. The number of ether oxygens (including phenoxy) is 1. The molecule has 0 unspecified atom stereocenters. The van der Waals surface area contributed by atoms with Crippen LogP contribution in [0.5, 0.6) is 11.8 Å². The number of aliphatic hydroxyl groups is 1. The van der Waals surface area contributed by atoms with Crippen molar-refractivity contribution >= 4 is 62.5 Å². The number of aliphatic hydroxyl groups excluding tert-OH is 1. The number of carbonyl (C=O) groups is 3. The summed E-state index contributed by atoms with van der Waals surface area (Å²) in [4.78, 5) is 60.4. The van der Waals surface area contributed by atoms with Crippen LogP contribution in [-0.4, -0.2) is 151 Å². The quantitative estimate of drug-likeness (QED) is 0.0816. The molecule has 0 radical (unpaired) electrons. The number of piperazine rings is 1. The molecule has 2 amide bonds. The van der Waals surface area contributed by atoms with Crippen LogP contribution in [-0.2, 0) is 21.4 Å². The van der Waals surface area contributed by atoms with Gasteiger partial charge in [0.25, 0.3) is 0 Å². The molecule has 426 valence electrons. The summed E-state index contributed by atoms with van der Waals surface area (Å²) in [5.41, 5.74) is 3.55. The van der Waals surface area contributed by atoms with Gasteiger partial charge < -0.3 is 39.1 Å². The Hall–Kier alpha value is -7.92. The number of benzene rings is 4. The van der Waals surface area contributed by atoms with Crippen molar-refractivity contribution in [2.75, 3.05) is 75.3 Å². The van der Waals surface area contributed by atoms with E-state index >= 15 is 4.39 Å². The van der Waals surface area contributed by atoms with Gasteiger partial charge in [-0.2, -0.15) is 20.3 Å². The third kappa shape index (κ3) is 11.0. The second-order valence-corrected chi connectivity index (χ2v) is 23.4. The minimum atomic E-state index is -0.811. The van der Waals surface area contributed by atoms with Gasteiger partial charge >= 0.3 is 6.01 Å². The van der Waals surface area contributed by atoms with Crippen LogP contribution < -0.4 is 14.5 Å². The van der Waals surface area contributed by atoms with Crippen LogP contribution in [0.25, 0.3) is 44.1 Å². The zero-order chi connectivity index (χ0) is 57.6. The largest absolute Gasteiger partial charge is 0.508 e. The van der Waals surface area contributed by atoms with E-state index in [0.29, 0.717) is 52.2 Å². The van der Waals surface area contributed by atoms with Crippen LogP contribution in [0.3, 0.4) is 0 Å². The highest BCUT2D eigenvalue weighted by atomic mass is 35.5. The van der Waals surface area contributed by atoms with E-state index in [4.69, 9.17) is 25.8 Å². The first-order valence-corrected chi connectivity index (χ1v) is 28.5. The summed E-state index contributed by atoms with van der Waals surface area (Å²) in [6, 6.07) is 24.9. The van der Waals surface area contributed by atoms with Crippen molar-refractivity contribution < 1.29 is 38.2 Å². The zero-order valence-electron chi connectivity index (χ0n) is 46.5. The number of phenols is 1. The van der Waals surface area contributed by atoms with Crippen molar-refractivity contribution in [3.63, 3.8) is 0 Å². The fourth-order valence-corrected chi connectivity index (χ4v) is 13.0. The molecule has 2 N–H and O–H groups in total. The lowest BCUT2D eigenvalue weighted by Crippen LogP contribution is -2.60. The number of fused-ring (bicyclic) bond motifs is 2. The van der Waals surface area contributed by atoms with Gasteiger partial charge in [-0.3, -0.25) is 24.0 Å². The number of ketones is 1. The molecule has 3 aromatic heterocycles. The van der Waals surface area contributed by atoms with Gasteiger partial charge in [-0.1, -0.05) is 92.6 Å². The molecule has 4 aliphatic rings. The second kappa shape index (κ2) is 23.1. The van der Waals surface area contributed by atoms with E-state index in [1.807, 2.05) is 98.1 Å². The molecule has 0 bridgehead atoms. The summed E-state index contributed by atoms with van der Waals surface area (Å²) in [6.45, 7) is 14.4. The molecule has 7 aromatic rings. The molecule has 0 saturated carbocycles. The lowest BCUT2D eigenvalue weighted by atomic mass is 9.72. The molecule has 11 rings (SSSR count). The number of nitriles is 1. The number of carbonyl (C=O) groups excluding carboxylic acids is 3. The predicted octanol–water partition coefficient (Wildman–Crippen LogP) is 8.90. The van der Waals surface area contributed by atoms with Gasteiger partial charge in [0.1, 0.15) is 29.6 Å². The van der Waals surface area contributed by atoms with Gasteiger partial charge in [-0.05, 0) is 95.6 Å². The number of likely N-dealkylation sites (tertiary alicyclic amines) is 2. The monoisotopic (exact) mass is 1130 g/mol. The Balaban J connectivity index is 0.729. The van der Waals surface area contributed by atoms with Gasteiger partial charge in [0.05, 0.1) is 41.4 Å². The van der Waals surface area contributed by atoms with Crippen molar-refractivity contribution in [2.45, 2.75) is 82.9 Å². The van der Waals surface area contributed by atoms with E-state index < -0.39 is 29.9 Å². The van der Waals surface area contributed by atoms with Gasteiger partial charge in [-0.15, -0.1) is 0 Å². The Morgan fingerprint density at radius 2 is 1.73 bits per heavy atom. The standard InChI is InChI=1S/C62H67ClFN11O7/c1-6-54(79)74-24-23-72(33-42(74)15-19-65)59-47-31-48(63)56(46-29-43(76)28-41-9-7-8-10-45(41)46)57(64)58(47)67-61(68-59)81-26-25-71-21-17-62(18-22-71)35-73(36-62)53-32-52(82-69-53)55(37(2)3)60(80)75-34-44(77)30-50(75)51(78)27-38(4)39-11-13-40(14-12-39)49-16-20-66-70(49)5/h6-14,16,20,28-29,31-32,37-38,42,44,50,55,76-77H,1,15,17-18,21-27,30,33-36H2,2-5H3/t38-,42+,44-,50+,55-/m1/s1. The molecule has 18 nitrogen and oxygen atoms in total. The third-order valence-corrected chi connectivity index (χ3v) is 17.5. The molecule has 4 fully saturated rings. The summed E-state index contributed by atoms with van der Waals surface area (Å²) in [7, 11) is 1.90. The number of anilines is 2. The lowest BCUT2D eigenvalue weighted by Gasteiger charge is -2.54. The first-order chi connectivity index (χ1) is 39.5. The minimum absolute atomic E-state index is 0.0262. The molecule has 0 aliphatic carbocycles. The minimum Gasteiger partial charge on any atom is -0.508 e. The SMILES string of the molecule is C=CC(=O)N1CCN(c2nc(OCCN3CCC4(CC3)CN(c3cc([C@H](C(=O)N5C[C@H](O)C[C@H]5C(=O)C[C@@H](C)c5ccc(-c6ccnn6C)cc5)C(C)C)on3)C4)nc3c(F)c(-c4cc(O)cc5ccccc45)c(Cl)cc23)C[C@@H]1CC#N. The van der Waals surface area contributed by atoms with Crippen LogP contribution in [0.15, 0.2) is 102 Å². The molecule has 20 heteroatoms. The molecule has 5 atom stereocenters. The maximum absolute atomic E-state index is 17.3. The summed E-state index contributed by atoms with van der Waals surface area (Å²) >= 11 is 6.98. The number of aromatic hydroxyl groups is 1. The maximum atomic E-state index is 17.3. The van der Waals surface area contributed by atoms with E-state index in [1.54, 1.807) is 28.1 Å². The Morgan fingerprint density at radius 3 is 2.45 bits per heavy atom. The molecular weight excluding hydrogens is 1070 g/mol. The highest BCUT2D eigenvalue weighted by Gasteiger charge is 2.47. The molecule has 1 spiro atoms. The number of piperidine rings is 1. The number of rotatable bonds is 17. The average Bonchev–Trinajstić information content (AvgIpc) is 3.15. The van der Waals surface area contributed by atoms with Gasteiger partial charge in [0.15, 0.2) is 23.2 Å². The number of halogens is 2. The fraction of sp³-hybridized carbons (Fsp3) is 0.419. The van der Waals surface area contributed by atoms with Crippen molar-refractivity contribution in [1.29, 1.82) is 5.26 Å². The maximum Gasteiger partial charge on any atom is 0.319 e. The highest BCUT2D eigenvalue weighted by molar-refractivity contribution is 6.35. The number of hydrogen-bond donors (Lipinski definition) is 2. The number of β-amino-alcohol motifs (C(OH)–C–C–N with tert-alkyl or cyclic N) is 1. The topological polar surface area (TPSA) is 211 Å². The summed E-state index contributed by atoms with van der Waals surface area (Å²) in [5.74, 6) is -0.885. The second-order valence-electron chi connectivity index (χ2n) is 23.0. The Morgan fingerprint density at radius 1 is 0.963 bits per heavy atom. The lowest BCUT2D eigenvalue weighted by molar-refractivity contribution is -0.140. The van der Waals surface area contributed by atoms with E-state index in [1.165, 1.54) is 12.1 Å². The predicted molar refractivity (Wildman–Crippen MR) is 310 cm³/mol. The van der Waals surface area contributed by atoms with Crippen molar-refractivity contribution in [2.24, 2.45) is 18.4 Å². The average molecular weight is 1130 g/mol. The number of Topliss-reactive ketones (excluding diaryl/α,β-unsaturated/α-hetero) is 1. The van der Waals surface area contributed by atoms with E-state index in [2.05, 4.69) is 37.7 Å². The highest BCUT2D eigenvalue weighted by Crippen LogP contribution is 2.45. The number of amides is 2. The number of aromatic nitrogens is 5. The van der Waals surface area contributed by atoms with Gasteiger partial charge in [0, 0.05) is 94.3 Å². The van der Waals surface area contributed by atoms with Gasteiger partial charge in [0.2, 0.25) is 11.8 Å². The van der Waals surface area contributed by atoms with Crippen molar-refractivity contribution in [3.05, 3.63) is 120 Å². The van der Waals surface area contributed by atoms with Gasteiger partial charge in [-0.25, -0.2) is 4.39 Å². The molecule has 4 saturated heterocycles. The zero-order valence-corrected chi connectivity index (χ0v) is 47.3. The molecule has 4 aromatic carbocycles. The van der Waals surface area contributed by atoms with E-state index in [9.17, 15) is 29.9 Å². The van der Waals surface area contributed by atoms with Crippen molar-refractivity contribution in [1.82, 2.24) is 39.6 Å². The van der Waals surface area contributed by atoms with E-state index in [-0.39, 0.29) is 108 Å². The smallest absolute Gasteiger partial charge is 0.319 e. The molecule has 4 aliphatic heterocycles.